The van der Waals surface area contributed by atoms with E-state index in [0.717, 1.165) is 18.1 Å². The van der Waals surface area contributed by atoms with E-state index in [-0.39, 0.29) is 23.2 Å². The third-order valence-corrected chi connectivity index (χ3v) is 4.59. The second kappa shape index (κ2) is 9.52. The van der Waals surface area contributed by atoms with Crippen molar-refractivity contribution in [2.24, 2.45) is 17.4 Å². The summed E-state index contributed by atoms with van der Waals surface area (Å²) in [5.41, 5.74) is 13.4. The number of nitrogens with two attached hydrogens (primary N) is 2. The van der Waals surface area contributed by atoms with Gasteiger partial charge >= 0.3 is 0 Å². The number of amides is 1. The van der Waals surface area contributed by atoms with Gasteiger partial charge < -0.3 is 22.1 Å². The summed E-state index contributed by atoms with van der Waals surface area (Å²) < 4.78 is 16.3. The van der Waals surface area contributed by atoms with Gasteiger partial charge in [0.1, 0.15) is 5.82 Å². The van der Waals surface area contributed by atoms with Crippen molar-refractivity contribution >= 4 is 23.2 Å². The van der Waals surface area contributed by atoms with Crippen molar-refractivity contribution in [2.45, 2.75) is 33.2 Å². The van der Waals surface area contributed by atoms with Crippen molar-refractivity contribution in [1.82, 2.24) is 19.7 Å². The number of primary amides is 1. The molecule has 0 radical (unpaired) electrons. The average Bonchev–Trinajstić information content (AvgIpc) is 3.15. The lowest BCUT2D eigenvalue weighted by Gasteiger charge is -2.21. The van der Waals surface area contributed by atoms with E-state index in [9.17, 15) is 9.18 Å². The molecule has 1 atom stereocenters. The quantitative estimate of drug-likeness (QED) is 0.413. The predicted molar refractivity (Wildman–Crippen MR) is 118 cm³/mol. The van der Waals surface area contributed by atoms with Crippen LogP contribution in [-0.2, 0) is 0 Å². The molecule has 6 N–H and O–H groups in total. The summed E-state index contributed by atoms with van der Waals surface area (Å²) in [4.78, 5) is 20.4. The second-order valence-corrected chi connectivity index (χ2v) is 7.80. The van der Waals surface area contributed by atoms with Gasteiger partial charge in [-0.25, -0.2) is 14.1 Å². The Bertz CT molecular complexity index is 1070. The van der Waals surface area contributed by atoms with Gasteiger partial charge in [-0.1, -0.05) is 13.8 Å². The number of halogens is 1. The van der Waals surface area contributed by atoms with Crippen LogP contribution in [0.3, 0.4) is 0 Å². The van der Waals surface area contributed by atoms with E-state index in [1.807, 2.05) is 13.1 Å². The van der Waals surface area contributed by atoms with Crippen LogP contribution in [0.5, 0.6) is 0 Å². The Morgan fingerprint density at radius 1 is 1.23 bits per heavy atom. The van der Waals surface area contributed by atoms with Crippen molar-refractivity contribution in [3.63, 3.8) is 0 Å². The molecule has 0 fully saturated rings. The molecule has 10 heteroatoms. The molecule has 1 amide bonds. The lowest BCUT2D eigenvalue weighted by molar-refractivity contribution is 0.100. The number of nitrogens with zero attached hydrogens (tertiary/aromatic N) is 4. The third kappa shape index (κ3) is 5.54. The number of nitrogens with one attached hydrogen (secondary N) is 2. The Kier molecular flexibility index (Phi) is 6.81. The van der Waals surface area contributed by atoms with Crippen molar-refractivity contribution in [2.75, 3.05) is 17.2 Å². The molecule has 3 rings (SSSR count). The number of anilines is 3. The molecule has 0 bridgehead atoms. The number of aromatic nitrogens is 4. The van der Waals surface area contributed by atoms with Crippen LogP contribution in [0.15, 0.2) is 36.9 Å². The molecule has 31 heavy (non-hydrogen) atoms. The standard InChI is InChI=1S/C21H27FN8O/c1-12(2)4-14(7-23)27-21-18(22)6-17(19(24)31)20(29-21)28-15-5-16(10-25-9-15)30-11-13(3)8-26-30/h5-6,8-12,14H,4,7,23H2,1-3H3,(H2,24,31)(H2,27,28,29). The minimum absolute atomic E-state index is 0.00425. The van der Waals surface area contributed by atoms with E-state index in [4.69, 9.17) is 11.5 Å². The number of aryl methyl sites for hydroxylation is 1. The fraction of sp³-hybridized carbons (Fsp3) is 0.333. The van der Waals surface area contributed by atoms with Gasteiger partial charge in [0, 0.05) is 18.8 Å². The first-order valence-corrected chi connectivity index (χ1v) is 9.97. The SMILES string of the molecule is Cc1cnn(-c2cncc(Nc3nc(NC(CN)CC(C)C)c(F)cc3C(N)=O)c2)c1. The summed E-state index contributed by atoms with van der Waals surface area (Å²) in [6.07, 6.45) is 7.54. The van der Waals surface area contributed by atoms with E-state index < -0.39 is 11.7 Å². The Balaban J connectivity index is 1.93. The first kappa shape index (κ1) is 22.2. The lowest BCUT2D eigenvalue weighted by atomic mass is 10.0. The molecule has 0 aliphatic carbocycles. The number of rotatable bonds is 9. The highest BCUT2D eigenvalue weighted by Crippen LogP contribution is 2.25. The molecule has 0 saturated carbocycles. The van der Waals surface area contributed by atoms with E-state index in [1.165, 1.54) is 0 Å². The predicted octanol–water partition coefficient (Wildman–Crippen LogP) is 2.74. The fourth-order valence-corrected chi connectivity index (χ4v) is 3.16. The third-order valence-electron chi connectivity index (χ3n) is 4.59. The Hall–Kier alpha value is -3.53. The van der Waals surface area contributed by atoms with Crippen LogP contribution in [0.1, 0.15) is 36.2 Å². The Morgan fingerprint density at radius 2 is 2.00 bits per heavy atom. The zero-order chi connectivity index (χ0) is 22.5. The molecular weight excluding hydrogens is 399 g/mol. The molecule has 0 aromatic carbocycles. The highest BCUT2D eigenvalue weighted by molar-refractivity contribution is 5.98. The van der Waals surface area contributed by atoms with E-state index in [2.05, 4.69) is 39.5 Å². The largest absolute Gasteiger partial charge is 0.365 e. The van der Waals surface area contributed by atoms with Gasteiger partial charge in [-0.2, -0.15) is 5.10 Å². The van der Waals surface area contributed by atoms with Crippen molar-refractivity contribution in [3.05, 3.63) is 53.9 Å². The van der Waals surface area contributed by atoms with Crippen molar-refractivity contribution < 1.29 is 9.18 Å². The summed E-state index contributed by atoms with van der Waals surface area (Å²) in [7, 11) is 0. The van der Waals surface area contributed by atoms with Crippen molar-refractivity contribution in [3.8, 4) is 5.69 Å². The minimum atomic E-state index is -0.801. The van der Waals surface area contributed by atoms with Crippen LogP contribution in [0, 0.1) is 18.7 Å². The summed E-state index contributed by atoms with van der Waals surface area (Å²) >= 11 is 0. The van der Waals surface area contributed by atoms with Crippen LogP contribution in [0.4, 0.5) is 21.7 Å². The summed E-state index contributed by atoms with van der Waals surface area (Å²) in [5, 5.41) is 10.3. The molecule has 0 spiro atoms. The van der Waals surface area contributed by atoms with Crippen molar-refractivity contribution in [1.29, 1.82) is 0 Å². The number of carbonyl (C=O) groups is 1. The fourth-order valence-electron chi connectivity index (χ4n) is 3.16. The molecule has 0 aliphatic rings. The Labute approximate surface area is 180 Å². The molecular formula is C21H27FN8O. The number of pyridine rings is 2. The molecule has 9 nitrogen and oxygen atoms in total. The second-order valence-electron chi connectivity index (χ2n) is 7.80. The van der Waals surface area contributed by atoms with Gasteiger partial charge in [0.25, 0.3) is 5.91 Å². The minimum Gasteiger partial charge on any atom is -0.365 e. The van der Waals surface area contributed by atoms with Gasteiger partial charge in [0.15, 0.2) is 11.6 Å². The topological polar surface area (TPSA) is 137 Å². The van der Waals surface area contributed by atoms with E-state index in [0.29, 0.717) is 23.8 Å². The van der Waals surface area contributed by atoms with Gasteiger partial charge in [0.05, 0.1) is 35.5 Å². The normalized spacial score (nSPS) is 12.1. The molecule has 3 heterocycles. The number of hydrogen-bond acceptors (Lipinski definition) is 7. The zero-order valence-corrected chi connectivity index (χ0v) is 17.8. The van der Waals surface area contributed by atoms with Crippen LogP contribution in [0.25, 0.3) is 5.69 Å². The smallest absolute Gasteiger partial charge is 0.252 e. The Morgan fingerprint density at radius 3 is 2.61 bits per heavy atom. The molecule has 164 valence electrons. The highest BCUT2D eigenvalue weighted by Gasteiger charge is 2.19. The molecule has 3 aromatic heterocycles. The monoisotopic (exact) mass is 426 g/mol. The maximum absolute atomic E-state index is 14.6. The first-order valence-electron chi connectivity index (χ1n) is 9.97. The van der Waals surface area contributed by atoms with Gasteiger partial charge in [-0.3, -0.25) is 9.78 Å². The zero-order valence-electron chi connectivity index (χ0n) is 17.8. The van der Waals surface area contributed by atoms with Gasteiger partial charge in [0.2, 0.25) is 0 Å². The molecule has 0 saturated heterocycles. The number of hydrogen-bond donors (Lipinski definition) is 4. The summed E-state index contributed by atoms with van der Waals surface area (Å²) in [6.45, 7) is 6.36. The first-order chi connectivity index (χ1) is 14.8. The molecule has 3 aromatic rings. The lowest BCUT2D eigenvalue weighted by Crippen LogP contribution is -2.31. The van der Waals surface area contributed by atoms with E-state index in [1.54, 1.807) is 29.3 Å². The van der Waals surface area contributed by atoms with Gasteiger partial charge in [-0.05, 0) is 37.0 Å². The molecule has 0 aliphatic heterocycles. The highest BCUT2D eigenvalue weighted by atomic mass is 19.1. The van der Waals surface area contributed by atoms with Crippen LogP contribution < -0.4 is 22.1 Å². The van der Waals surface area contributed by atoms with E-state index >= 15 is 0 Å². The van der Waals surface area contributed by atoms with Crippen LogP contribution >= 0.6 is 0 Å². The maximum atomic E-state index is 14.6. The van der Waals surface area contributed by atoms with Gasteiger partial charge in [-0.15, -0.1) is 0 Å². The summed E-state index contributed by atoms with van der Waals surface area (Å²) in [5.74, 6) is -1.00. The van der Waals surface area contributed by atoms with Crippen LogP contribution in [-0.4, -0.2) is 38.2 Å². The average molecular weight is 427 g/mol. The van der Waals surface area contributed by atoms with Crippen LogP contribution in [0.2, 0.25) is 0 Å². The number of carbonyl (C=O) groups excluding carboxylic acids is 1. The maximum Gasteiger partial charge on any atom is 0.252 e. The molecule has 1 unspecified atom stereocenters. The summed E-state index contributed by atoms with van der Waals surface area (Å²) in [6, 6.07) is 2.68.